The summed E-state index contributed by atoms with van der Waals surface area (Å²) in [6.07, 6.45) is 5.65. The van der Waals surface area contributed by atoms with Gasteiger partial charge < -0.3 is 10.2 Å². The summed E-state index contributed by atoms with van der Waals surface area (Å²) in [4.78, 5) is 6.86. The molecule has 0 radical (unpaired) electrons. The third-order valence-electron chi connectivity index (χ3n) is 4.01. The van der Waals surface area contributed by atoms with E-state index in [0.29, 0.717) is 0 Å². The Kier molecular flexibility index (Phi) is 4.39. The van der Waals surface area contributed by atoms with Gasteiger partial charge in [-0.3, -0.25) is 0 Å². The number of pyridine rings is 1. The number of nitrogens with zero attached hydrogens (tertiary/aromatic N) is 2. The Hall–Kier alpha value is -2.03. The number of rotatable bonds is 4. The van der Waals surface area contributed by atoms with E-state index < -0.39 is 0 Å². The zero-order valence-electron chi connectivity index (χ0n) is 12.7. The molecular formula is C18H23N3. The Morgan fingerprint density at radius 3 is 3.00 bits per heavy atom. The molecular weight excluding hydrogens is 258 g/mol. The summed E-state index contributed by atoms with van der Waals surface area (Å²) in [5.74, 6) is 0.970. The van der Waals surface area contributed by atoms with E-state index in [1.807, 2.05) is 6.20 Å². The van der Waals surface area contributed by atoms with Gasteiger partial charge in [0.1, 0.15) is 5.82 Å². The quantitative estimate of drug-likeness (QED) is 0.922. The first-order chi connectivity index (χ1) is 10.4. The Morgan fingerprint density at radius 1 is 1.19 bits per heavy atom. The van der Waals surface area contributed by atoms with Gasteiger partial charge in [-0.15, -0.1) is 0 Å². The molecule has 1 aliphatic rings. The van der Waals surface area contributed by atoms with Crippen molar-refractivity contribution in [2.24, 2.45) is 0 Å². The first kappa shape index (κ1) is 13.9. The van der Waals surface area contributed by atoms with Crippen molar-refractivity contribution in [2.45, 2.75) is 32.7 Å². The minimum Gasteiger partial charge on any atom is -0.370 e. The molecule has 1 aromatic heterocycles. The maximum absolute atomic E-state index is 4.36. The third-order valence-corrected chi connectivity index (χ3v) is 4.01. The lowest BCUT2D eigenvalue weighted by molar-refractivity contribution is 0.714. The highest BCUT2D eigenvalue weighted by Crippen LogP contribution is 2.27. The van der Waals surface area contributed by atoms with Crippen LogP contribution < -0.4 is 10.2 Å². The number of fused-ring (bicyclic) bond motifs is 1. The van der Waals surface area contributed by atoms with E-state index in [1.165, 1.54) is 36.1 Å². The average Bonchev–Trinajstić information content (AvgIpc) is 2.71. The molecule has 0 amide bonds. The van der Waals surface area contributed by atoms with Gasteiger partial charge in [-0.05, 0) is 55.5 Å². The molecule has 3 nitrogen and oxygen atoms in total. The lowest BCUT2D eigenvalue weighted by Gasteiger charge is -2.25. The number of aryl methyl sites for hydroxylation is 1. The van der Waals surface area contributed by atoms with E-state index in [4.69, 9.17) is 0 Å². The van der Waals surface area contributed by atoms with E-state index >= 15 is 0 Å². The highest BCUT2D eigenvalue weighted by atomic mass is 15.1. The summed E-state index contributed by atoms with van der Waals surface area (Å²) in [5.41, 5.74) is 4.20. The fraction of sp³-hybridized carbons (Fsp3) is 0.389. The van der Waals surface area contributed by atoms with Gasteiger partial charge in [0.25, 0.3) is 0 Å². The number of hydrogen-bond donors (Lipinski definition) is 1. The molecule has 110 valence electrons. The number of para-hydroxylation sites is 1. The van der Waals surface area contributed by atoms with Crippen molar-refractivity contribution >= 4 is 11.5 Å². The Morgan fingerprint density at radius 2 is 2.10 bits per heavy atom. The van der Waals surface area contributed by atoms with Gasteiger partial charge in [-0.1, -0.05) is 18.2 Å². The fourth-order valence-corrected chi connectivity index (χ4v) is 3.00. The minimum atomic E-state index is 0.906. The van der Waals surface area contributed by atoms with E-state index in [9.17, 15) is 0 Å². The van der Waals surface area contributed by atoms with E-state index in [1.54, 1.807) is 0 Å². The van der Waals surface area contributed by atoms with Gasteiger partial charge in [0.05, 0.1) is 0 Å². The number of aromatic nitrogens is 1. The zero-order chi connectivity index (χ0) is 14.5. The van der Waals surface area contributed by atoms with E-state index in [-0.39, 0.29) is 0 Å². The lowest BCUT2D eigenvalue weighted by Crippen LogP contribution is -2.23. The topological polar surface area (TPSA) is 28.2 Å². The molecule has 0 saturated carbocycles. The monoisotopic (exact) mass is 281 g/mol. The second kappa shape index (κ2) is 6.61. The highest BCUT2D eigenvalue weighted by molar-refractivity contribution is 5.55. The van der Waals surface area contributed by atoms with Crippen LogP contribution in [0.15, 0.2) is 42.6 Å². The number of nitrogens with one attached hydrogen (secondary N) is 1. The molecule has 0 spiro atoms. The maximum Gasteiger partial charge on any atom is 0.126 e. The number of hydrogen-bond acceptors (Lipinski definition) is 3. The molecule has 1 N–H and O–H groups in total. The van der Waals surface area contributed by atoms with Crippen LogP contribution in [-0.4, -0.2) is 18.1 Å². The summed E-state index contributed by atoms with van der Waals surface area (Å²) in [7, 11) is 0. The third kappa shape index (κ3) is 3.35. The largest absolute Gasteiger partial charge is 0.370 e. The van der Waals surface area contributed by atoms with Gasteiger partial charge in [-0.25, -0.2) is 4.98 Å². The van der Waals surface area contributed by atoms with Crippen molar-refractivity contribution < 1.29 is 0 Å². The minimum absolute atomic E-state index is 0.906. The normalized spacial score (nSPS) is 14.4. The molecule has 0 bridgehead atoms. The van der Waals surface area contributed by atoms with Crippen LogP contribution in [0.4, 0.5) is 11.5 Å². The molecule has 1 aromatic carbocycles. The molecule has 0 fully saturated rings. The van der Waals surface area contributed by atoms with Gasteiger partial charge in [0.15, 0.2) is 0 Å². The van der Waals surface area contributed by atoms with Crippen molar-refractivity contribution in [2.75, 3.05) is 23.3 Å². The van der Waals surface area contributed by atoms with Crippen molar-refractivity contribution in [1.82, 2.24) is 4.98 Å². The molecule has 3 heteroatoms. The summed E-state index contributed by atoms with van der Waals surface area (Å²) >= 11 is 0. The van der Waals surface area contributed by atoms with Crippen LogP contribution in [-0.2, 0) is 13.0 Å². The summed E-state index contributed by atoms with van der Waals surface area (Å²) < 4.78 is 0. The van der Waals surface area contributed by atoms with Crippen LogP contribution in [0.3, 0.4) is 0 Å². The summed E-state index contributed by atoms with van der Waals surface area (Å²) in [6.45, 7) is 5.09. The van der Waals surface area contributed by atoms with Crippen LogP contribution in [0.25, 0.3) is 0 Å². The molecule has 3 rings (SSSR count). The predicted octanol–water partition coefficient (Wildman–Crippen LogP) is 3.86. The second-order valence-corrected chi connectivity index (χ2v) is 5.59. The summed E-state index contributed by atoms with van der Waals surface area (Å²) in [5, 5.41) is 3.29. The molecule has 0 unspecified atom stereocenters. The number of anilines is 2. The van der Waals surface area contributed by atoms with Crippen LogP contribution in [0, 0.1) is 0 Å². The SMILES string of the molecule is CCNc1cc(CN2CCCCc3ccccc32)ccn1. The molecule has 2 aromatic rings. The average molecular weight is 281 g/mol. The maximum atomic E-state index is 4.36. The molecule has 0 aliphatic carbocycles. The first-order valence-electron chi connectivity index (χ1n) is 7.88. The van der Waals surface area contributed by atoms with Gasteiger partial charge in [-0.2, -0.15) is 0 Å². The summed E-state index contributed by atoms with van der Waals surface area (Å²) in [6, 6.07) is 13.1. The van der Waals surface area contributed by atoms with Crippen LogP contribution in [0.1, 0.15) is 30.9 Å². The van der Waals surface area contributed by atoms with Crippen LogP contribution in [0.2, 0.25) is 0 Å². The van der Waals surface area contributed by atoms with Crippen LogP contribution in [0.5, 0.6) is 0 Å². The molecule has 1 aliphatic heterocycles. The molecule has 0 atom stereocenters. The highest BCUT2D eigenvalue weighted by Gasteiger charge is 2.15. The van der Waals surface area contributed by atoms with Gasteiger partial charge >= 0.3 is 0 Å². The molecule has 0 saturated heterocycles. The van der Waals surface area contributed by atoms with Gasteiger partial charge in [0.2, 0.25) is 0 Å². The van der Waals surface area contributed by atoms with Gasteiger partial charge in [0, 0.05) is 31.5 Å². The molecule has 2 heterocycles. The molecule has 21 heavy (non-hydrogen) atoms. The predicted molar refractivity (Wildman–Crippen MR) is 88.8 cm³/mol. The van der Waals surface area contributed by atoms with Crippen molar-refractivity contribution in [3.8, 4) is 0 Å². The zero-order valence-corrected chi connectivity index (χ0v) is 12.7. The number of benzene rings is 1. The van der Waals surface area contributed by atoms with Crippen molar-refractivity contribution in [3.05, 3.63) is 53.7 Å². The second-order valence-electron chi connectivity index (χ2n) is 5.59. The standard InChI is InChI=1S/C18H23N3/c1-2-19-18-13-15(10-11-20-18)14-21-12-6-5-8-16-7-3-4-9-17(16)21/h3-4,7,9-11,13H,2,5-6,8,12,14H2,1H3,(H,19,20). The Bertz CT molecular complexity index is 595. The van der Waals surface area contributed by atoms with E-state index in [2.05, 4.69) is 58.5 Å². The van der Waals surface area contributed by atoms with Crippen molar-refractivity contribution in [3.63, 3.8) is 0 Å². The fourth-order valence-electron chi connectivity index (χ4n) is 3.00. The smallest absolute Gasteiger partial charge is 0.126 e. The first-order valence-corrected chi connectivity index (χ1v) is 7.88. The lowest BCUT2D eigenvalue weighted by atomic mass is 10.1. The van der Waals surface area contributed by atoms with Crippen LogP contribution >= 0.6 is 0 Å². The van der Waals surface area contributed by atoms with Crippen molar-refractivity contribution in [1.29, 1.82) is 0 Å². The Labute approximate surface area is 127 Å². The van der Waals surface area contributed by atoms with E-state index in [0.717, 1.165) is 25.5 Å². The Balaban J connectivity index is 1.82.